The summed E-state index contributed by atoms with van der Waals surface area (Å²) in [5, 5.41) is 9.36. The Hall–Kier alpha value is -0.950. The molecule has 2 saturated heterocycles. The minimum atomic E-state index is -3.51. The predicted molar refractivity (Wildman–Crippen MR) is 73.8 cm³/mol. The molecule has 0 radical (unpaired) electrons. The normalized spacial score (nSPS) is 30.6. The van der Waals surface area contributed by atoms with Gasteiger partial charge in [0.05, 0.1) is 29.8 Å². The van der Waals surface area contributed by atoms with Crippen LogP contribution in [-0.2, 0) is 14.8 Å². The summed E-state index contributed by atoms with van der Waals surface area (Å²) in [4.78, 5) is 0.310. The Bertz CT molecular complexity index is 584. The lowest BCUT2D eigenvalue weighted by molar-refractivity contribution is 0.0109. The van der Waals surface area contributed by atoms with Crippen LogP contribution in [0.2, 0.25) is 0 Å². The van der Waals surface area contributed by atoms with Gasteiger partial charge in [-0.2, -0.15) is 4.31 Å². The number of hydrogen-bond donors (Lipinski definition) is 1. The summed E-state index contributed by atoms with van der Waals surface area (Å²) in [5.74, 6) is 0. The average molecular weight is 297 g/mol. The maximum Gasteiger partial charge on any atom is 0.243 e. The van der Waals surface area contributed by atoms with E-state index in [1.54, 1.807) is 24.3 Å². The van der Waals surface area contributed by atoms with Crippen molar-refractivity contribution in [1.82, 2.24) is 4.31 Å². The topological polar surface area (TPSA) is 66.8 Å². The molecule has 0 aromatic heterocycles. The number of sulfonamides is 1. The Balaban J connectivity index is 1.92. The predicted octanol–water partition coefficient (Wildman–Crippen LogP) is 0.908. The maximum atomic E-state index is 12.7. The molecule has 6 heteroatoms. The summed E-state index contributed by atoms with van der Waals surface area (Å²) in [7, 11) is -3.51. The lowest BCUT2D eigenvalue weighted by atomic mass is 10.0. The van der Waals surface area contributed by atoms with Crippen molar-refractivity contribution in [3.05, 3.63) is 29.8 Å². The number of aliphatic hydroxyl groups is 1. The zero-order valence-corrected chi connectivity index (χ0v) is 12.2. The van der Waals surface area contributed by atoms with E-state index >= 15 is 0 Å². The number of hydrogen-bond acceptors (Lipinski definition) is 4. The van der Waals surface area contributed by atoms with Gasteiger partial charge in [0.15, 0.2) is 0 Å². The van der Waals surface area contributed by atoms with Crippen LogP contribution in [-0.4, -0.2) is 49.2 Å². The van der Waals surface area contributed by atoms with E-state index in [-0.39, 0.29) is 18.8 Å². The van der Waals surface area contributed by atoms with Crippen LogP contribution in [0.25, 0.3) is 0 Å². The van der Waals surface area contributed by atoms with E-state index in [1.807, 2.05) is 6.92 Å². The molecule has 5 nitrogen and oxygen atoms in total. The molecule has 20 heavy (non-hydrogen) atoms. The van der Waals surface area contributed by atoms with Gasteiger partial charge in [0.2, 0.25) is 10.0 Å². The number of aryl methyl sites for hydroxylation is 1. The standard InChI is InChI=1S/C14H19NO4S/c1-10-2-4-12(5-3-10)20(17,18)15-7-6-11-8-13(15)14(9-16)19-11/h2-5,11,13-14,16H,6-9H2,1H3/t11-,13+,14-/m1/s1. The van der Waals surface area contributed by atoms with E-state index in [1.165, 1.54) is 4.31 Å². The summed E-state index contributed by atoms with van der Waals surface area (Å²) >= 11 is 0. The minimum absolute atomic E-state index is 0.0848. The fourth-order valence-corrected chi connectivity index (χ4v) is 4.72. The van der Waals surface area contributed by atoms with Crippen molar-refractivity contribution in [1.29, 1.82) is 0 Å². The summed E-state index contributed by atoms with van der Waals surface area (Å²) in [5.41, 5.74) is 1.03. The Morgan fingerprint density at radius 1 is 1.35 bits per heavy atom. The molecular formula is C14H19NO4S. The highest BCUT2D eigenvalue weighted by Crippen LogP contribution is 2.35. The third-order valence-electron chi connectivity index (χ3n) is 4.15. The first-order valence-corrected chi connectivity index (χ1v) is 8.31. The summed E-state index contributed by atoms with van der Waals surface area (Å²) < 4.78 is 32.6. The molecule has 3 rings (SSSR count). The molecule has 1 aromatic rings. The van der Waals surface area contributed by atoms with Crippen molar-refractivity contribution in [3.8, 4) is 0 Å². The van der Waals surface area contributed by atoms with Crippen molar-refractivity contribution in [3.63, 3.8) is 0 Å². The second kappa shape index (κ2) is 5.11. The molecule has 3 atom stereocenters. The molecule has 2 bridgehead atoms. The molecule has 0 spiro atoms. The van der Waals surface area contributed by atoms with E-state index in [0.29, 0.717) is 24.3 Å². The lowest BCUT2D eigenvalue weighted by Crippen LogP contribution is -2.47. The molecule has 110 valence electrons. The molecule has 0 unspecified atom stereocenters. The molecule has 2 heterocycles. The molecule has 2 fully saturated rings. The van der Waals surface area contributed by atoms with Gasteiger partial charge in [-0.25, -0.2) is 8.42 Å². The van der Waals surface area contributed by atoms with Crippen LogP contribution in [0.3, 0.4) is 0 Å². The number of piperidine rings is 1. The Morgan fingerprint density at radius 3 is 2.70 bits per heavy atom. The van der Waals surface area contributed by atoms with Crippen LogP contribution >= 0.6 is 0 Å². The second-order valence-corrected chi connectivity index (χ2v) is 7.39. The highest BCUT2D eigenvalue weighted by molar-refractivity contribution is 7.89. The molecule has 1 N–H and O–H groups in total. The highest BCUT2D eigenvalue weighted by Gasteiger charge is 2.46. The van der Waals surface area contributed by atoms with Crippen LogP contribution in [0.4, 0.5) is 0 Å². The highest BCUT2D eigenvalue weighted by atomic mass is 32.2. The summed E-state index contributed by atoms with van der Waals surface area (Å²) in [6.45, 7) is 2.25. The number of ether oxygens (including phenoxy) is 1. The van der Waals surface area contributed by atoms with Crippen molar-refractivity contribution in [2.75, 3.05) is 13.2 Å². The van der Waals surface area contributed by atoms with Crippen molar-refractivity contribution >= 4 is 10.0 Å². The van der Waals surface area contributed by atoms with E-state index in [9.17, 15) is 13.5 Å². The van der Waals surface area contributed by atoms with Crippen LogP contribution in [0.15, 0.2) is 29.2 Å². The fourth-order valence-electron chi connectivity index (χ4n) is 3.05. The largest absolute Gasteiger partial charge is 0.394 e. The fraction of sp³-hybridized carbons (Fsp3) is 0.571. The van der Waals surface area contributed by atoms with Gasteiger partial charge in [-0.3, -0.25) is 0 Å². The van der Waals surface area contributed by atoms with Gasteiger partial charge in [-0.15, -0.1) is 0 Å². The maximum absolute atomic E-state index is 12.7. The zero-order chi connectivity index (χ0) is 14.3. The number of benzene rings is 1. The third-order valence-corrected chi connectivity index (χ3v) is 6.09. The molecule has 0 saturated carbocycles. The first-order valence-electron chi connectivity index (χ1n) is 6.87. The van der Waals surface area contributed by atoms with Crippen molar-refractivity contribution < 1.29 is 18.3 Å². The van der Waals surface area contributed by atoms with Crippen LogP contribution in [0, 0.1) is 6.92 Å². The Kier molecular flexibility index (Phi) is 3.58. The van der Waals surface area contributed by atoms with Crippen LogP contribution < -0.4 is 0 Å². The van der Waals surface area contributed by atoms with Gasteiger partial charge in [-0.1, -0.05) is 17.7 Å². The van der Waals surface area contributed by atoms with Gasteiger partial charge in [0.25, 0.3) is 0 Å². The third kappa shape index (κ3) is 2.26. The Labute approximate surface area is 119 Å². The molecule has 1 aromatic carbocycles. The summed E-state index contributed by atoms with van der Waals surface area (Å²) in [6, 6.07) is 6.63. The number of nitrogens with zero attached hydrogens (tertiary/aromatic N) is 1. The number of fused-ring (bicyclic) bond motifs is 2. The van der Waals surface area contributed by atoms with E-state index in [4.69, 9.17) is 4.74 Å². The van der Waals surface area contributed by atoms with Crippen molar-refractivity contribution in [2.45, 2.75) is 42.9 Å². The zero-order valence-electron chi connectivity index (χ0n) is 11.4. The SMILES string of the molecule is Cc1ccc(S(=O)(=O)N2CC[C@@H]3C[C@H]2[C@@H](CO)O3)cc1. The average Bonchev–Trinajstić information content (AvgIpc) is 2.75. The van der Waals surface area contributed by atoms with Gasteiger partial charge in [0.1, 0.15) is 0 Å². The molecule has 0 aliphatic carbocycles. The molecule has 2 aliphatic rings. The number of rotatable bonds is 3. The molecule has 2 aliphatic heterocycles. The van der Waals surface area contributed by atoms with Crippen LogP contribution in [0.5, 0.6) is 0 Å². The summed E-state index contributed by atoms with van der Waals surface area (Å²) in [6.07, 6.45) is 1.05. The Morgan fingerprint density at radius 2 is 2.05 bits per heavy atom. The lowest BCUT2D eigenvalue weighted by Gasteiger charge is -2.32. The second-order valence-electron chi connectivity index (χ2n) is 5.50. The van der Waals surface area contributed by atoms with E-state index in [0.717, 1.165) is 5.56 Å². The van der Waals surface area contributed by atoms with Gasteiger partial charge in [-0.05, 0) is 31.9 Å². The van der Waals surface area contributed by atoms with E-state index < -0.39 is 16.1 Å². The quantitative estimate of drug-likeness (QED) is 0.900. The van der Waals surface area contributed by atoms with E-state index in [2.05, 4.69) is 0 Å². The smallest absolute Gasteiger partial charge is 0.243 e. The number of aliphatic hydroxyl groups excluding tert-OH is 1. The molecule has 0 amide bonds. The van der Waals surface area contributed by atoms with Crippen LogP contribution in [0.1, 0.15) is 18.4 Å². The molecular weight excluding hydrogens is 278 g/mol. The first kappa shape index (κ1) is 14.0. The monoisotopic (exact) mass is 297 g/mol. The van der Waals surface area contributed by atoms with Crippen molar-refractivity contribution in [2.24, 2.45) is 0 Å². The first-order chi connectivity index (χ1) is 9.52. The van der Waals surface area contributed by atoms with Gasteiger partial charge >= 0.3 is 0 Å². The minimum Gasteiger partial charge on any atom is -0.394 e. The van der Waals surface area contributed by atoms with Gasteiger partial charge in [0, 0.05) is 6.54 Å². The van der Waals surface area contributed by atoms with Gasteiger partial charge < -0.3 is 9.84 Å².